The highest BCUT2D eigenvalue weighted by Gasteiger charge is 2.23. The first-order valence-corrected chi connectivity index (χ1v) is 11.8. The molecule has 182 valence electrons. The van der Waals surface area contributed by atoms with Crippen LogP contribution in [-0.4, -0.2) is 45.4 Å². The normalized spacial score (nSPS) is 12.3. The molecule has 0 saturated heterocycles. The number of nitrogens with zero attached hydrogens (tertiary/aromatic N) is 1. The van der Waals surface area contributed by atoms with Gasteiger partial charge < -0.3 is 10.2 Å². The maximum Gasteiger partial charge on any atom is 0.354 e. The number of aliphatic carboxylic acids is 1. The highest BCUT2D eigenvalue weighted by Crippen LogP contribution is 2.36. The number of aromatic hydroxyl groups is 1. The average molecular weight is 447 g/mol. The Kier molecular flexibility index (Phi) is 17.1. The molecule has 0 fully saturated rings. The van der Waals surface area contributed by atoms with E-state index in [-0.39, 0.29) is 11.7 Å². The van der Waals surface area contributed by atoms with Gasteiger partial charge in [-0.2, -0.15) is 0 Å². The molecule has 0 aliphatic heterocycles. The summed E-state index contributed by atoms with van der Waals surface area (Å²) in [6, 6.07) is 5.40. The van der Waals surface area contributed by atoms with Gasteiger partial charge in [0.2, 0.25) is 0 Å². The molecule has 0 amide bonds. The van der Waals surface area contributed by atoms with Crippen molar-refractivity contribution in [2.75, 3.05) is 6.54 Å². The molecular weight excluding hydrogens is 400 g/mol. The van der Waals surface area contributed by atoms with Crippen molar-refractivity contribution in [2.45, 2.75) is 93.7 Å². The Morgan fingerprint density at radius 2 is 1.59 bits per heavy atom. The molecule has 3 N–H and O–H groups in total. The maximum absolute atomic E-state index is 11.2. The van der Waals surface area contributed by atoms with E-state index in [2.05, 4.69) is 32.6 Å². The Morgan fingerprint density at radius 1 is 1.06 bits per heavy atom. The lowest BCUT2D eigenvalue weighted by Crippen LogP contribution is -2.38. The van der Waals surface area contributed by atoms with Crippen molar-refractivity contribution in [3.8, 4) is 5.75 Å². The van der Waals surface area contributed by atoms with Crippen LogP contribution in [0.2, 0.25) is 0 Å². The number of hydrogen-bond donors (Lipinski definition) is 3. The van der Waals surface area contributed by atoms with Crippen LogP contribution in [0.1, 0.15) is 92.7 Å². The molecule has 0 saturated carbocycles. The van der Waals surface area contributed by atoms with Crippen molar-refractivity contribution in [1.82, 2.24) is 4.90 Å². The van der Waals surface area contributed by atoms with Crippen LogP contribution in [0.4, 0.5) is 0 Å². The molecule has 0 aromatic heterocycles. The van der Waals surface area contributed by atoms with Crippen LogP contribution in [0.15, 0.2) is 42.0 Å². The summed E-state index contributed by atoms with van der Waals surface area (Å²) < 4.78 is 0. The van der Waals surface area contributed by atoms with Crippen molar-refractivity contribution in [1.29, 1.82) is 5.41 Å². The number of phenolic OH excluding ortho intramolecular Hbond substituents is 1. The van der Waals surface area contributed by atoms with E-state index in [1.807, 2.05) is 59.8 Å². The van der Waals surface area contributed by atoms with Crippen LogP contribution >= 0.6 is 0 Å². The molecule has 0 spiro atoms. The SMILES string of the molecule is C/C=C\C(=C/C)C(CCN(C(C)C)C(C)C)c1cc(C(=N)C(=O)O)ccc1O.CC.CC. The van der Waals surface area contributed by atoms with E-state index in [4.69, 9.17) is 10.5 Å². The van der Waals surface area contributed by atoms with Gasteiger partial charge in [0, 0.05) is 29.1 Å². The Morgan fingerprint density at radius 3 is 2.00 bits per heavy atom. The summed E-state index contributed by atoms with van der Waals surface area (Å²) in [4.78, 5) is 13.6. The Balaban J connectivity index is 0. The average Bonchev–Trinajstić information content (AvgIpc) is 2.77. The smallest absolute Gasteiger partial charge is 0.354 e. The fraction of sp³-hybridized carbons (Fsp3) is 0.556. The number of nitrogens with one attached hydrogen (secondary N) is 1. The molecule has 0 heterocycles. The number of rotatable bonds is 10. The van der Waals surface area contributed by atoms with Crippen LogP contribution < -0.4 is 0 Å². The largest absolute Gasteiger partial charge is 0.508 e. The summed E-state index contributed by atoms with van der Waals surface area (Å²) in [7, 11) is 0. The zero-order valence-corrected chi connectivity index (χ0v) is 21.9. The van der Waals surface area contributed by atoms with Gasteiger partial charge in [-0.05, 0) is 78.3 Å². The molecule has 1 unspecified atom stereocenters. The lowest BCUT2D eigenvalue weighted by atomic mass is 9.85. The third-order valence-electron chi connectivity index (χ3n) is 5.00. The first kappa shape index (κ1) is 31.8. The Bertz CT molecular complexity index is 741. The van der Waals surface area contributed by atoms with Crippen LogP contribution in [0, 0.1) is 5.41 Å². The number of allylic oxidation sites excluding steroid dienone is 4. The van der Waals surface area contributed by atoms with Crippen molar-refractivity contribution in [2.24, 2.45) is 0 Å². The van der Waals surface area contributed by atoms with Gasteiger partial charge in [-0.1, -0.05) is 45.9 Å². The van der Waals surface area contributed by atoms with E-state index in [0.717, 1.165) is 18.5 Å². The standard InChI is InChI=1S/C23H34N2O3.2C2H6/c1-7-9-17(8-2)19(12-13-25(15(3)4)16(5)6)20-14-18(10-11-21(20)26)22(24)23(27)28;2*1-2/h7-11,14-16,19,24,26H,12-13H2,1-6H3,(H,27,28);2*1-2H3/b9-7-,17-8+,24-22?;;. The Labute approximate surface area is 196 Å². The van der Waals surface area contributed by atoms with Gasteiger partial charge in [0.1, 0.15) is 11.5 Å². The molecule has 0 aliphatic carbocycles. The van der Waals surface area contributed by atoms with Gasteiger partial charge in [0.05, 0.1) is 0 Å². The number of phenols is 1. The second-order valence-corrected chi connectivity index (χ2v) is 7.51. The number of carboxylic acids is 1. The van der Waals surface area contributed by atoms with Gasteiger partial charge >= 0.3 is 5.97 Å². The molecule has 1 rings (SSSR count). The lowest BCUT2D eigenvalue weighted by molar-refractivity contribution is -0.129. The number of hydrogen-bond acceptors (Lipinski definition) is 4. The van der Waals surface area contributed by atoms with E-state index in [0.29, 0.717) is 23.2 Å². The van der Waals surface area contributed by atoms with Crippen LogP contribution in [0.25, 0.3) is 0 Å². The summed E-state index contributed by atoms with van der Waals surface area (Å²) in [5.41, 5.74) is 1.54. The summed E-state index contributed by atoms with van der Waals surface area (Å²) in [5.74, 6) is -1.25. The number of carboxylic acid groups (broad SMARTS) is 1. The fourth-order valence-corrected chi connectivity index (χ4v) is 3.61. The second kappa shape index (κ2) is 17.2. The number of carbonyl (C=O) groups is 1. The minimum atomic E-state index is -1.28. The van der Waals surface area contributed by atoms with Crippen molar-refractivity contribution in [3.05, 3.63) is 53.1 Å². The first-order chi connectivity index (χ1) is 15.1. The highest BCUT2D eigenvalue weighted by molar-refractivity contribution is 6.41. The van der Waals surface area contributed by atoms with Crippen LogP contribution in [0.3, 0.4) is 0 Å². The molecule has 32 heavy (non-hydrogen) atoms. The van der Waals surface area contributed by atoms with Gasteiger partial charge in [-0.25, -0.2) is 4.79 Å². The first-order valence-electron chi connectivity index (χ1n) is 11.8. The molecule has 0 aliphatic rings. The maximum atomic E-state index is 11.2. The van der Waals surface area contributed by atoms with Gasteiger partial charge in [0.25, 0.3) is 0 Å². The molecule has 0 bridgehead atoms. The zero-order valence-electron chi connectivity index (χ0n) is 21.9. The van der Waals surface area contributed by atoms with E-state index in [1.165, 1.54) is 12.1 Å². The molecule has 5 heteroatoms. The Hall–Kier alpha value is -2.40. The summed E-state index contributed by atoms with van der Waals surface area (Å²) in [6.07, 6.45) is 6.78. The van der Waals surface area contributed by atoms with Crippen LogP contribution in [0.5, 0.6) is 5.75 Å². The molecule has 5 nitrogen and oxygen atoms in total. The van der Waals surface area contributed by atoms with Crippen molar-refractivity contribution < 1.29 is 15.0 Å². The predicted molar refractivity (Wildman–Crippen MR) is 138 cm³/mol. The minimum Gasteiger partial charge on any atom is -0.508 e. The minimum absolute atomic E-state index is 0.0947. The van der Waals surface area contributed by atoms with E-state index < -0.39 is 11.7 Å². The lowest BCUT2D eigenvalue weighted by Gasteiger charge is -2.32. The van der Waals surface area contributed by atoms with Crippen LogP contribution in [-0.2, 0) is 4.79 Å². The van der Waals surface area contributed by atoms with Crippen molar-refractivity contribution in [3.63, 3.8) is 0 Å². The summed E-state index contributed by atoms with van der Waals surface area (Å²) >= 11 is 0. The summed E-state index contributed by atoms with van der Waals surface area (Å²) in [5, 5.41) is 27.5. The van der Waals surface area contributed by atoms with E-state index in [9.17, 15) is 9.90 Å². The number of benzene rings is 1. The molecule has 1 aromatic rings. The molecular formula is C27H46N2O3. The second-order valence-electron chi connectivity index (χ2n) is 7.51. The molecule has 1 atom stereocenters. The van der Waals surface area contributed by atoms with E-state index >= 15 is 0 Å². The van der Waals surface area contributed by atoms with E-state index in [1.54, 1.807) is 6.07 Å². The monoisotopic (exact) mass is 446 g/mol. The zero-order chi connectivity index (χ0) is 25.4. The predicted octanol–water partition coefficient (Wildman–Crippen LogP) is 7.01. The molecule has 1 aromatic carbocycles. The van der Waals surface area contributed by atoms with Crippen molar-refractivity contribution >= 4 is 11.7 Å². The van der Waals surface area contributed by atoms with Gasteiger partial charge in [-0.15, -0.1) is 0 Å². The fourth-order valence-electron chi connectivity index (χ4n) is 3.61. The van der Waals surface area contributed by atoms with Gasteiger partial charge in [-0.3, -0.25) is 10.3 Å². The van der Waals surface area contributed by atoms with Gasteiger partial charge in [0.15, 0.2) is 0 Å². The third kappa shape index (κ3) is 9.82. The third-order valence-corrected chi connectivity index (χ3v) is 5.00. The highest BCUT2D eigenvalue weighted by atomic mass is 16.4. The summed E-state index contributed by atoms with van der Waals surface area (Å²) in [6.45, 7) is 21.4. The topological polar surface area (TPSA) is 84.6 Å². The quantitative estimate of drug-likeness (QED) is 0.266. The molecule has 0 radical (unpaired) electrons.